The van der Waals surface area contributed by atoms with E-state index in [0.717, 1.165) is 5.56 Å². The topological polar surface area (TPSA) is 68.3 Å². The lowest BCUT2D eigenvalue weighted by Crippen LogP contribution is -2.35. The Hall–Kier alpha value is -3.30. The van der Waals surface area contributed by atoms with Crippen LogP contribution in [0.25, 0.3) is 6.08 Å². The summed E-state index contributed by atoms with van der Waals surface area (Å²) in [5, 5.41) is 1.69. The van der Waals surface area contributed by atoms with Crippen LogP contribution in [0, 0.1) is 0 Å². The van der Waals surface area contributed by atoms with Crippen LogP contribution in [-0.2, 0) is 20.9 Å². The summed E-state index contributed by atoms with van der Waals surface area (Å²) in [7, 11) is 1.27. The fourth-order valence-electron chi connectivity index (χ4n) is 3.80. The Morgan fingerprint density at radius 3 is 2.33 bits per heavy atom. The normalized spacial score (nSPS) is 14.2. The van der Waals surface area contributed by atoms with Crippen molar-refractivity contribution in [3.8, 4) is 11.5 Å². The lowest BCUT2D eigenvalue weighted by molar-refractivity contribution is -0.140. The molecule has 1 amide bonds. The third kappa shape index (κ3) is 6.65. The first-order valence-electron chi connectivity index (χ1n) is 11.8. The summed E-state index contributed by atoms with van der Waals surface area (Å²) in [5.74, 6) is 0.0158. The number of nitrogens with zero attached hydrogens (tertiary/aromatic N) is 2. The molecule has 0 atom stereocenters. The van der Waals surface area contributed by atoms with Gasteiger partial charge < -0.3 is 19.1 Å². The zero-order valence-electron chi connectivity index (χ0n) is 20.9. The van der Waals surface area contributed by atoms with E-state index in [9.17, 15) is 9.59 Å². The summed E-state index contributed by atoms with van der Waals surface area (Å²) < 4.78 is 16.6. The van der Waals surface area contributed by atoms with E-state index in [0.29, 0.717) is 44.4 Å². The molecular weight excluding hydrogens is 583 g/mol. The second kappa shape index (κ2) is 12.7. The highest BCUT2D eigenvalue weighted by Crippen LogP contribution is 2.34. The summed E-state index contributed by atoms with van der Waals surface area (Å²) in [6.07, 6.45) is 1.63. The van der Waals surface area contributed by atoms with Gasteiger partial charge in [-0.2, -0.15) is 0 Å². The van der Waals surface area contributed by atoms with E-state index in [4.69, 9.17) is 61.2 Å². The van der Waals surface area contributed by atoms with Gasteiger partial charge in [0.1, 0.15) is 18.8 Å². The molecule has 1 heterocycles. The Balaban J connectivity index is 1.66. The average molecular weight is 606 g/mol. The van der Waals surface area contributed by atoms with Gasteiger partial charge in [0, 0.05) is 20.6 Å². The Morgan fingerprint density at radius 2 is 1.67 bits per heavy atom. The lowest BCUT2D eigenvalue weighted by Gasteiger charge is -2.19. The minimum atomic E-state index is -0.548. The number of ether oxygens (including phenoxy) is 3. The molecule has 0 spiro atoms. The Morgan fingerprint density at radius 1 is 0.949 bits per heavy atom. The average Bonchev–Trinajstić information content (AvgIpc) is 3.13. The van der Waals surface area contributed by atoms with Crippen LogP contribution in [0.1, 0.15) is 18.1 Å². The molecule has 1 fully saturated rings. The molecule has 0 bridgehead atoms. The standard InChI is InChI=1S/C28H23Cl3N2O5S/c1-3-37-25-13-17(4-11-24(25)38-16-18-5-6-20(30)14-22(18)31)12-23-27(35)33(21-9-7-19(29)8-10-21)28(39)32(23)15-26(34)36-2/h4-14H,3,15-16H2,1-2H3/b23-12-. The molecule has 7 nitrogen and oxygen atoms in total. The molecule has 202 valence electrons. The largest absolute Gasteiger partial charge is 0.490 e. The van der Waals surface area contributed by atoms with Crippen molar-refractivity contribution < 1.29 is 23.8 Å². The molecule has 3 aromatic rings. The quantitative estimate of drug-likeness (QED) is 0.151. The van der Waals surface area contributed by atoms with Gasteiger partial charge in [-0.05, 0) is 79.3 Å². The summed E-state index contributed by atoms with van der Waals surface area (Å²) in [5.41, 5.74) is 2.12. The number of rotatable bonds is 9. The molecule has 0 unspecified atom stereocenters. The molecule has 0 N–H and O–H groups in total. The van der Waals surface area contributed by atoms with E-state index in [1.807, 2.05) is 6.92 Å². The molecule has 39 heavy (non-hydrogen) atoms. The fraction of sp³-hybridized carbons (Fsp3) is 0.179. The number of esters is 1. The van der Waals surface area contributed by atoms with Crippen molar-refractivity contribution in [3.05, 3.63) is 92.6 Å². The number of hydrogen-bond donors (Lipinski definition) is 0. The van der Waals surface area contributed by atoms with Crippen molar-refractivity contribution in [1.82, 2.24) is 4.90 Å². The van der Waals surface area contributed by atoms with E-state index in [1.165, 1.54) is 16.9 Å². The molecule has 4 rings (SSSR count). The zero-order valence-corrected chi connectivity index (χ0v) is 24.0. The number of carbonyl (C=O) groups is 2. The van der Waals surface area contributed by atoms with Gasteiger partial charge in [0.15, 0.2) is 16.6 Å². The monoisotopic (exact) mass is 604 g/mol. The van der Waals surface area contributed by atoms with Crippen LogP contribution >= 0.6 is 47.0 Å². The maximum absolute atomic E-state index is 13.5. The number of carbonyl (C=O) groups excluding carboxylic acids is 2. The first-order valence-corrected chi connectivity index (χ1v) is 13.3. The maximum Gasteiger partial charge on any atom is 0.325 e. The van der Waals surface area contributed by atoms with E-state index in [-0.39, 0.29) is 24.0 Å². The van der Waals surface area contributed by atoms with Crippen LogP contribution in [0.5, 0.6) is 11.5 Å². The summed E-state index contributed by atoms with van der Waals surface area (Å²) in [6.45, 7) is 2.20. The molecule has 11 heteroatoms. The highest BCUT2D eigenvalue weighted by molar-refractivity contribution is 7.80. The fourth-order valence-corrected chi connectivity index (χ4v) is 4.74. The SMILES string of the molecule is CCOc1cc(/C=C2/C(=O)N(c3ccc(Cl)cc3)C(=S)N2CC(=O)OC)ccc1OCc1ccc(Cl)cc1Cl. The van der Waals surface area contributed by atoms with Gasteiger partial charge in [0.25, 0.3) is 5.91 Å². The number of thiocarbonyl (C=S) groups is 1. The van der Waals surface area contributed by atoms with Crippen LogP contribution in [0.3, 0.4) is 0 Å². The van der Waals surface area contributed by atoms with Crippen LogP contribution < -0.4 is 14.4 Å². The number of methoxy groups -OCH3 is 1. The molecule has 1 saturated heterocycles. The van der Waals surface area contributed by atoms with E-state index >= 15 is 0 Å². The van der Waals surface area contributed by atoms with Gasteiger partial charge in [-0.25, -0.2) is 0 Å². The lowest BCUT2D eigenvalue weighted by atomic mass is 10.1. The zero-order chi connectivity index (χ0) is 28.1. The first kappa shape index (κ1) is 28.7. The van der Waals surface area contributed by atoms with Crippen molar-refractivity contribution in [2.24, 2.45) is 0 Å². The van der Waals surface area contributed by atoms with Crippen molar-refractivity contribution in [1.29, 1.82) is 0 Å². The van der Waals surface area contributed by atoms with Crippen LogP contribution in [0.15, 0.2) is 66.4 Å². The summed E-state index contributed by atoms with van der Waals surface area (Å²) in [6, 6.07) is 17.1. The number of halogens is 3. The minimum Gasteiger partial charge on any atom is -0.490 e. The van der Waals surface area contributed by atoms with E-state index in [2.05, 4.69) is 0 Å². The third-order valence-corrected chi connectivity index (χ3v) is 6.95. The van der Waals surface area contributed by atoms with Crippen molar-refractivity contribution in [3.63, 3.8) is 0 Å². The van der Waals surface area contributed by atoms with Gasteiger partial charge in [0.05, 0.1) is 19.4 Å². The smallest absolute Gasteiger partial charge is 0.325 e. The van der Waals surface area contributed by atoms with E-state index < -0.39 is 11.9 Å². The minimum absolute atomic E-state index is 0.142. The Bertz CT molecular complexity index is 1450. The molecule has 0 aliphatic carbocycles. The van der Waals surface area contributed by atoms with Gasteiger partial charge >= 0.3 is 5.97 Å². The molecule has 1 aliphatic heterocycles. The Kier molecular flexibility index (Phi) is 9.35. The molecule has 3 aromatic carbocycles. The molecule has 1 aliphatic rings. The van der Waals surface area contributed by atoms with Gasteiger partial charge in [0.2, 0.25) is 0 Å². The van der Waals surface area contributed by atoms with Crippen LogP contribution in [0.4, 0.5) is 5.69 Å². The molecular formula is C28H23Cl3N2O5S. The van der Waals surface area contributed by atoms with Crippen LogP contribution in [0.2, 0.25) is 15.1 Å². The van der Waals surface area contributed by atoms with Crippen molar-refractivity contribution in [2.75, 3.05) is 25.2 Å². The Labute approximate surface area is 246 Å². The number of hydrogen-bond acceptors (Lipinski definition) is 6. The van der Waals surface area contributed by atoms with Crippen molar-refractivity contribution in [2.45, 2.75) is 13.5 Å². The first-order chi connectivity index (χ1) is 18.7. The van der Waals surface area contributed by atoms with Crippen LogP contribution in [-0.4, -0.2) is 42.2 Å². The molecule has 0 radical (unpaired) electrons. The molecule has 0 aromatic heterocycles. The highest BCUT2D eigenvalue weighted by Gasteiger charge is 2.40. The summed E-state index contributed by atoms with van der Waals surface area (Å²) in [4.78, 5) is 28.5. The van der Waals surface area contributed by atoms with Crippen molar-refractivity contribution >= 4 is 75.8 Å². The predicted molar refractivity (Wildman–Crippen MR) is 157 cm³/mol. The third-order valence-electron chi connectivity index (χ3n) is 5.70. The number of amides is 1. The summed E-state index contributed by atoms with van der Waals surface area (Å²) >= 11 is 23.9. The maximum atomic E-state index is 13.5. The van der Waals surface area contributed by atoms with Gasteiger partial charge in [-0.15, -0.1) is 0 Å². The van der Waals surface area contributed by atoms with Gasteiger partial charge in [-0.1, -0.05) is 46.9 Å². The van der Waals surface area contributed by atoms with E-state index in [1.54, 1.807) is 66.7 Å². The number of benzene rings is 3. The molecule has 0 saturated carbocycles. The highest BCUT2D eigenvalue weighted by atomic mass is 35.5. The second-order valence-corrected chi connectivity index (χ2v) is 9.90. The predicted octanol–water partition coefficient (Wildman–Crippen LogP) is 6.77. The number of anilines is 1. The second-order valence-electron chi connectivity index (χ2n) is 8.26. The van der Waals surface area contributed by atoms with Gasteiger partial charge in [-0.3, -0.25) is 14.5 Å².